The van der Waals surface area contributed by atoms with Crippen LogP contribution in [0.3, 0.4) is 0 Å². The molecule has 0 radical (unpaired) electrons. The second kappa shape index (κ2) is 14.1. The van der Waals surface area contributed by atoms with E-state index in [4.69, 9.17) is 0 Å². The summed E-state index contributed by atoms with van der Waals surface area (Å²) in [6.07, 6.45) is 0. The van der Waals surface area contributed by atoms with Crippen molar-refractivity contribution in [3.05, 3.63) is 243 Å². The summed E-state index contributed by atoms with van der Waals surface area (Å²) in [6.45, 7) is 0.0962. The van der Waals surface area contributed by atoms with Crippen LogP contribution in [0.1, 0.15) is 0 Å². The minimum absolute atomic E-state index is 0.0481. The molecule has 14 aromatic carbocycles. The average molecular weight is 1030 g/mol. The van der Waals surface area contributed by atoms with Gasteiger partial charge in [0.15, 0.2) is 0 Å². The molecule has 370 valence electrons. The lowest BCUT2D eigenvalue weighted by molar-refractivity contribution is 1.18. The van der Waals surface area contributed by atoms with Crippen LogP contribution < -0.4 is 32.8 Å². The zero-order valence-electron chi connectivity index (χ0n) is 44.0. The molecule has 4 aromatic heterocycles. The van der Waals surface area contributed by atoms with Gasteiger partial charge in [0.25, 0.3) is 0 Å². The maximum atomic E-state index is 2.71. The summed E-state index contributed by atoms with van der Waals surface area (Å²) in [6, 6.07) is 93.0. The molecule has 0 bridgehead atoms. The SMILES string of the molecule is c1ccc2c(c1)B1c3c(c4cccc5c6c(c7cccc3c7c54)-n3c4ccc(-n5c7ccccc7c7ccccc75)cc4c4ccc5c(c43)B6c3ccccc3-5)-n3c4ccc(-n5c6ccccc6c6ccccc65)cc4c4ccc-2c1c43. The van der Waals surface area contributed by atoms with E-state index in [0.717, 1.165) is 0 Å². The van der Waals surface area contributed by atoms with Crippen LogP contribution in [0.2, 0.25) is 0 Å². The lowest BCUT2D eigenvalue weighted by atomic mass is 9.36. The Morgan fingerprint density at radius 1 is 0.220 bits per heavy atom. The smallest absolute Gasteiger partial charge is 0.249 e. The zero-order chi connectivity index (χ0) is 52.5. The van der Waals surface area contributed by atoms with E-state index in [-0.39, 0.29) is 13.4 Å². The summed E-state index contributed by atoms with van der Waals surface area (Å²) in [5, 5.41) is 18.3. The Morgan fingerprint density at radius 3 is 1.00 bits per heavy atom. The fourth-order valence-electron chi connectivity index (χ4n) is 17.4. The Labute approximate surface area is 469 Å². The van der Waals surface area contributed by atoms with Crippen molar-refractivity contribution in [2.45, 2.75) is 0 Å². The lowest BCUT2D eigenvalue weighted by Gasteiger charge is -2.32. The van der Waals surface area contributed by atoms with Crippen LogP contribution in [-0.4, -0.2) is 31.7 Å². The number of aromatic nitrogens is 4. The molecular formula is C76H40B2N4. The van der Waals surface area contributed by atoms with E-state index >= 15 is 0 Å². The van der Waals surface area contributed by atoms with E-state index in [9.17, 15) is 0 Å². The molecule has 22 rings (SSSR count). The fourth-order valence-corrected chi connectivity index (χ4v) is 17.4. The molecule has 0 atom stereocenters. The Hall–Kier alpha value is -10.6. The summed E-state index contributed by atoms with van der Waals surface area (Å²) in [7, 11) is 0. The molecule has 4 nitrogen and oxygen atoms in total. The molecule has 0 fully saturated rings. The van der Waals surface area contributed by atoms with Gasteiger partial charge in [-0.05, 0) is 126 Å². The Morgan fingerprint density at radius 2 is 0.573 bits per heavy atom. The highest BCUT2D eigenvalue weighted by atomic mass is 15.0. The van der Waals surface area contributed by atoms with Gasteiger partial charge < -0.3 is 18.3 Å². The molecule has 0 spiro atoms. The van der Waals surface area contributed by atoms with E-state index in [2.05, 4.69) is 261 Å². The van der Waals surface area contributed by atoms with Gasteiger partial charge >= 0.3 is 0 Å². The quantitative estimate of drug-likeness (QED) is 0.121. The number of hydrogen-bond acceptors (Lipinski definition) is 0. The zero-order valence-corrected chi connectivity index (χ0v) is 44.0. The number of para-hydroxylation sites is 4. The largest absolute Gasteiger partial charge is 0.310 e. The van der Waals surface area contributed by atoms with Crippen LogP contribution in [0.4, 0.5) is 0 Å². The van der Waals surface area contributed by atoms with Gasteiger partial charge in [-0.2, -0.15) is 0 Å². The standard InChI is InChI=1S/C76H40B2N4/c1-7-25-59-43(15-1)49-33-35-51-57-39-41(79-61-27-9-3-17-45(61)46-18-4-10-28-62(46)79)31-37-65(57)81-73(51)69(49)77(59)71-53-21-13-24-56-67(53)68-54(22-14-23-55(68)75(71)81)72-76(56)82-66-38-32-42(80-63-29-11-5-19-47(63)48-20-6-12-30-64(48)80)40-58(66)52-36-34-50-44-16-2-8-26-60(44)78(72)70(50)74(52)82/h1-40H. The number of rotatable bonds is 2. The lowest BCUT2D eigenvalue weighted by Crippen LogP contribution is -2.54. The molecule has 0 saturated heterocycles. The summed E-state index contributed by atoms with van der Waals surface area (Å²) in [5.74, 6) is 0. The summed E-state index contributed by atoms with van der Waals surface area (Å²) >= 11 is 0. The predicted molar refractivity (Wildman–Crippen MR) is 348 cm³/mol. The highest BCUT2D eigenvalue weighted by molar-refractivity contribution is 7.04. The molecule has 0 aliphatic carbocycles. The van der Waals surface area contributed by atoms with Crippen LogP contribution in [0.25, 0.3) is 165 Å². The first-order chi connectivity index (χ1) is 40.8. The molecule has 18 aromatic rings. The first-order valence-corrected chi connectivity index (χ1v) is 28.9. The molecule has 4 aliphatic heterocycles. The van der Waals surface area contributed by atoms with Crippen molar-refractivity contribution in [3.8, 4) is 45.0 Å². The van der Waals surface area contributed by atoms with E-state index in [0.29, 0.717) is 0 Å². The number of benzene rings is 14. The van der Waals surface area contributed by atoms with E-state index in [1.165, 1.54) is 197 Å². The van der Waals surface area contributed by atoms with Gasteiger partial charge in [-0.15, -0.1) is 0 Å². The van der Waals surface area contributed by atoms with Gasteiger partial charge in [-0.1, -0.05) is 193 Å². The second-order valence-corrected chi connectivity index (χ2v) is 23.7. The van der Waals surface area contributed by atoms with Crippen LogP contribution in [0.15, 0.2) is 243 Å². The summed E-state index contributed by atoms with van der Waals surface area (Å²) < 4.78 is 10.4. The highest BCUT2D eigenvalue weighted by Gasteiger charge is 2.46. The fraction of sp³-hybridized carbons (Fsp3) is 0. The third-order valence-corrected chi connectivity index (χ3v) is 20.3. The van der Waals surface area contributed by atoms with Crippen molar-refractivity contribution >= 4 is 166 Å². The Bertz CT molecular complexity index is 5620. The van der Waals surface area contributed by atoms with Gasteiger partial charge in [0.2, 0.25) is 13.4 Å². The van der Waals surface area contributed by atoms with Gasteiger partial charge in [0, 0.05) is 87.6 Å². The minimum atomic E-state index is 0.0481. The first kappa shape index (κ1) is 41.5. The van der Waals surface area contributed by atoms with Crippen molar-refractivity contribution in [2.75, 3.05) is 0 Å². The molecule has 6 heteroatoms. The van der Waals surface area contributed by atoms with Crippen molar-refractivity contribution in [1.29, 1.82) is 0 Å². The molecule has 0 unspecified atom stereocenters. The molecule has 0 N–H and O–H groups in total. The third-order valence-electron chi connectivity index (χ3n) is 20.3. The van der Waals surface area contributed by atoms with Crippen LogP contribution >= 0.6 is 0 Å². The summed E-state index contributed by atoms with van der Waals surface area (Å²) in [5.41, 5.74) is 28.9. The topological polar surface area (TPSA) is 19.7 Å². The minimum Gasteiger partial charge on any atom is -0.310 e. The Balaban J connectivity index is 0.882. The van der Waals surface area contributed by atoms with Crippen molar-refractivity contribution in [2.24, 2.45) is 0 Å². The maximum absolute atomic E-state index is 2.71. The molecule has 0 saturated carbocycles. The van der Waals surface area contributed by atoms with Crippen molar-refractivity contribution in [3.63, 3.8) is 0 Å². The summed E-state index contributed by atoms with van der Waals surface area (Å²) in [4.78, 5) is 0. The second-order valence-electron chi connectivity index (χ2n) is 23.7. The van der Waals surface area contributed by atoms with Crippen LogP contribution in [0, 0.1) is 0 Å². The first-order valence-electron chi connectivity index (χ1n) is 28.9. The number of nitrogens with zero attached hydrogens (tertiary/aromatic N) is 4. The van der Waals surface area contributed by atoms with Gasteiger partial charge in [-0.25, -0.2) is 0 Å². The van der Waals surface area contributed by atoms with Crippen LogP contribution in [-0.2, 0) is 0 Å². The van der Waals surface area contributed by atoms with Crippen molar-refractivity contribution in [1.82, 2.24) is 18.3 Å². The number of hydrogen-bond donors (Lipinski definition) is 0. The molecule has 8 heterocycles. The van der Waals surface area contributed by atoms with E-state index in [1.807, 2.05) is 0 Å². The Kier molecular flexibility index (Phi) is 7.12. The molecular weight excluding hydrogens is 990 g/mol. The maximum Gasteiger partial charge on any atom is 0.249 e. The van der Waals surface area contributed by atoms with E-state index < -0.39 is 0 Å². The molecule has 0 amide bonds. The predicted octanol–water partition coefficient (Wildman–Crippen LogP) is 14.6. The average Bonchev–Trinajstić information content (AvgIpc) is 1.55. The van der Waals surface area contributed by atoms with Gasteiger partial charge in [0.05, 0.1) is 33.1 Å². The highest BCUT2D eigenvalue weighted by Crippen LogP contribution is 2.49. The number of fused-ring (bicyclic) bond motifs is 28. The van der Waals surface area contributed by atoms with Gasteiger partial charge in [0.1, 0.15) is 0 Å². The normalized spacial score (nSPS) is 13.6. The van der Waals surface area contributed by atoms with Crippen LogP contribution in [0.5, 0.6) is 0 Å². The third kappa shape index (κ3) is 4.55. The van der Waals surface area contributed by atoms with Crippen molar-refractivity contribution < 1.29 is 0 Å². The molecule has 4 aliphatic rings. The van der Waals surface area contributed by atoms with E-state index in [1.54, 1.807) is 0 Å². The van der Waals surface area contributed by atoms with Gasteiger partial charge in [-0.3, -0.25) is 0 Å². The molecule has 82 heavy (non-hydrogen) atoms. The monoisotopic (exact) mass is 1030 g/mol.